The van der Waals surface area contributed by atoms with Crippen LogP contribution in [0.4, 0.5) is 0 Å². The van der Waals surface area contributed by atoms with Crippen LogP contribution in [0.5, 0.6) is 0 Å². The van der Waals surface area contributed by atoms with Gasteiger partial charge in [-0.05, 0) is 31.8 Å². The topological polar surface area (TPSA) is 58.1 Å². The first kappa shape index (κ1) is 18.2. The maximum Gasteiger partial charge on any atom is 0.241 e. The SMILES string of the molecule is CN(C)C(C(=O)NCCc1csc(-c2cccnc2)n1)c1ccccc1. The number of aromatic nitrogens is 2. The predicted octanol–water partition coefficient (Wildman–Crippen LogP) is 3.17. The molecule has 2 aromatic heterocycles. The van der Waals surface area contributed by atoms with Crippen molar-refractivity contribution < 1.29 is 4.79 Å². The lowest BCUT2D eigenvalue weighted by molar-refractivity contribution is -0.125. The summed E-state index contributed by atoms with van der Waals surface area (Å²) in [7, 11) is 3.83. The van der Waals surface area contributed by atoms with Gasteiger partial charge in [0.2, 0.25) is 5.91 Å². The van der Waals surface area contributed by atoms with Crippen LogP contribution in [0.2, 0.25) is 0 Å². The van der Waals surface area contributed by atoms with E-state index in [4.69, 9.17) is 0 Å². The van der Waals surface area contributed by atoms with Crippen LogP contribution >= 0.6 is 11.3 Å². The molecule has 26 heavy (non-hydrogen) atoms. The third-order valence-corrected chi connectivity index (χ3v) is 4.96. The summed E-state index contributed by atoms with van der Waals surface area (Å²) in [5.41, 5.74) is 2.99. The first-order valence-electron chi connectivity index (χ1n) is 8.49. The predicted molar refractivity (Wildman–Crippen MR) is 105 cm³/mol. The molecule has 3 rings (SSSR count). The largest absolute Gasteiger partial charge is 0.354 e. The van der Waals surface area contributed by atoms with E-state index in [9.17, 15) is 4.79 Å². The van der Waals surface area contributed by atoms with E-state index in [-0.39, 0.29) is 11.9 Å². The van der Waals surface area contributed by atoms with E-state index in [1.54, 1.807) is 17.5 Å². The molecule has 0 aliphatic heterocycles. The number of carbonyl (C=O) groups excluding carboxylic acids is 1. The maximum atomic E-state index is 12.6. The van der Waals surface area contributed by atoms with Crippen molar-refractivity contribution in [3.05, 3.63) is 71.5 Å². The Hall–Kier alpha value is -2.57. The average Bonchev–Trinajstić information content (AvgIpc) is 3.12. The highest BCUT2D eigenvalue weighted by atomic mass is 32.1. The number of nitrogens with zero attached hydrogens (tertiary/aromatic N) is 3. The molecule has 0 saturated carbocycles. The van der Waals surface area contributed by atoms with Crippen LogP contribution in [-0.4, -0.2) is 41.4 Å². The smallest absolute Gasteiger partial charge is 0.241 e. The highest BCUT2D eigenvalue weighted by Crippen LogP contribution is 2.23. The molecule has 1 unspecified atom stereocenters. The number of rotatable bonds is 7. The lowest BCUT2D eigenvalue weighted by Gasteiger charge is -2.23. The Morgan fingerprint density at radius 3 is 2.69 bits per heavy atom. The number of likely N-dealkylation sites (N-methyl/N-ethyl adjacent to an activating group) is 1. The van der Waals surface area contributed by atoms with Crippen molar-refractivity contribution in [3.63, 3.8) is 0 Å². The number of pyridine rings is 1. The van der Waals surface area contributed by atoms with Gasteiger partial charge in [0.1, 0.15) is 11.0 Å². The van der Waals surface area contributed by atoms with Crippen molar-refractivity contribution in [1.29, 1.82) is 0 Å². The molecule has 1 aromatic carbocycles. The van der Waals surface area contributed by atoms with Gasteiger partial charge in [0.15, 0.2) is 0 Å². The Morgan fingerprint density at radius 1 is 1.19 bits per heavy atom. The summed E-state index contributed by atoms with van der Waals surface area (Å²) in [6, 6.07) is 13.4. The first-order valence-corrected chi connectivity index (χ1v) is 9.37. The lowest BCUT2D eigenvalue weighted by atomic mass is 10.1. The van der Waals surface area contributed by atoms with E-state index in [1.165, 1.54) is 0 Å². The molecule has 3 aromatic rings. The fourth-order valence-electron chi connectivity index (χ4n) is 2.77. The van der Waals surface area contributed by atoms with Crippen LogP contribution in [0, 0.1) is 0 Å². The highest BCUT2D eigenvalue weighted by molar-refractivity contribution is 7.13. The third-order valence-electron chi connectivity index (χ3n) is 4.02. The number of nitrogens with one attached hydrogen (secondary N) is 1. The van der Waals surface area contributed by atoms with Gasteiger partial charge < -0.3 is 5.32 Å². The molecule has 1 N–H and O–H groups in total. The first-order chi connectivity index (χ1) is 12.6. The summed E-state index contributed by atoms with van der Waals surface area (Å²) in [5, 5.41) is 6.02. The van der Waals surface area contributed by atoms with Gasteiger partial charge in [0, 0.05) is 36.3 Å². The fourth-order valence-corrected chi connectivity index (χ4v) is 3.62. The van der Waals surface area contributed by atoms with Crippen molar-refractivity contribution in [1.82, 2.24) is 20.2 Å². The average molecular weight is 366 g/mol. The Kier molecular flexibility index (Phi) is 6.09. The molecule has 0 aliphatic carbocycles. The van der Waals surface area contributed by atoms with Gasteiger partial charge in [-0.1, -0.05) is 30.3 Å². The van der Waals surface area contributed by atoms with Gasteiger partial charge in [0.25, 0.3) is 0 Å². The number of thiazole rings is 1. The molecule has 0 bridgehead atoms. The molecule has 0 fully saturated rings. The van der Waals surface area contributed by atoms with Crippen molar-refractivity contribution in [2.45, 2.75) is 12.5 Å². The van der Waals surface area contributed by atoms with Crippen LogP contribution in [0.25, 0.3) is 10.6 Å². The van der Waals surface area contributed by atoms with Crippen LogP contribution in [-0.2, 0) is 11.2 Å². The molecular formula is C20H22N4OS. The molecule has 1 atom stereocenters. The Labute approximate surface area is 157 Å². The second-order valence-corrected chi connectivity index (χ2v) is 7.06. The van der Waals surface area contributed by atoms with Gasteiger partial charge in [-0.15, -0.1) is 11.3 Å². The van der Waals surface area contributed by atoms with E-state index in [0.717, 1.165) is 21.8 Å². The zero-order valence-electron chi connectivity index (χ0n) is 14.9. The normalized spacial score (nSPS) is 12.1. The molecule has 5 nitrogen and oxygen atoms in total. The van der Waals surface area contributed by atoms with Crippen molar-refractivity contribution >= 4 is 17.2 Å². The number of hydrogen-bond donors (Lipinski definition) is 1. The van der Waals surface area contributed by atoms with E-state index in [0.29, 0.717) is 13.0 Å². The van der Waals surface area contributed by atoms with Gasteiger partial charge in [-0.25, -0.2) is 4.98 Å². The van der Waals surface area contributed by atoms with Gasteiger partial charge >= 0.3 is 0 Å². The second kappa shape index (κ2) is 8.69. The summed E-state index contributed by atoms with van der Waals surface area (Å²) < 4.78 is 0. The Morgan fingerprint density at radius 2 is 2.00 bits per heavy atom. The third kappa shape index (κ3) is 4.53. The molecule has 0 radical (unpaired) electrons. The quantitative estimate of drug-likeness (QED) is 0.698. The molecule has 0 aliphatic rings. The Bertz CT molecular complexity index is 833. The molecule has 2 heterocycles. The molecular weight excluding hydrogens is 344 g/mol. The van der Waals surface area contributed by atoms with E-state index < -0.39 is 0 Å². The minimum absolute atomic E-state index is 0.00362. The zero-order valence-corrected chi connectivity index (χ0v) is 15.7. The number of hydrogen-bond acceptors (Lipinski definition) is 5. The minimum Gasteiger partial charge on any atom is -0.354 e. The van der Waals surface area contributed by atoms with Gasteiger partial charge in [-0.2, -0.15) is 0 Å². The highest BCUT2D eigenvalue weighted by Gasteiger charge is 2.22. The van der Waals surface area contributed by atoms with Crippen molar-refractivity contribution in [2.75, 3.05) is 20.6 Å². The maximum absolute atomic E-state index is 12.6. The van der Waals surface area contributed by atoms with E-state index in [1.807, 2.05) is 73.0 Å². The monoisotopic (exact) mass is 366 g/mol. The number of benzene rings is 1. The number of carbonyl (C=O) groups is 1. The van der Waals surface area contributed by atoms with Gasteiger partial charge in [-0.3, -0.25) is 14.7 Å². The summed E-state index contributed by atoms with van der Waals surface area (Å²) in [5.74, 6) is 0.00362. The summed E-state index contributed by atoms with van der Waals surface area (Å²) in [6.07, 6.45) is 4.27. The van der Waals surface area contributed by atoms with E-state index in [2.05, 4.69) is 15.3 Å². The van der Waals surface area contributed by atoms with Crippen LogP contribution < -0.4 is 5.32 Å². The van der Waals surface area contributed by atoms with Crippen molar-refractivity contribution in [3.8, 4) is 10.6 Å². The van der Waals surface area contributed by atoms with Crippen LogP contribution in [0.1, 0.15) is 17.3 Å². The fraction of sp³-hybridized carbons (Fsp3) is 0.250. The van der Waals surface area contributed by atoms with E-state index >= 15 is 0 Å². The zero-order chi connectivity index (χ0) is 18.4. The molecule has 1 amide bonds. The summed E-state index contributed by atoms with van der Waals surface area (Å²) >= 11 is 1.60. The number of amides is 1. The second-order valence-electron chi connectivity index (χ2n) is 6.20. The molecule has 0 saturated heterocycles. The summed E-state index contributed by atoms with van der Waals surface area (Å²) in [6.45, 7) is 0.562. The Balaban J connectivity index is 1.57. The summed E-state index contributed by atoms with van der Waals surface area (Å²) in [4.78, 5) is 23.3. The van der Waals surface area contributed by atoms with Crippen molar-refractivity contribution in [2.24, 2.45) is 0 Å². The lowest BCUT2D eigenvalue weighted by Crippen LogP contribution is -2.37. The molecule has 0 spiro atoms. The minimum atomic E-state index is -0.294. The van der Waals surface area contributed by atoms with Crippen LogP contribution in [0.3, 0.4) is 0 Å². The van der Waals surface area contributed by atoms with Crippen LogP contribution in [0.15, 0.2) is 60.2 Å². The molecule has 6 heteroatoms. The van der Waals surface area contributed by atoms with Gasteiger partial charge in [0.05, 0.1) is 5.69 Å². The standard InChI is InChI=1S/C20H22N4OS/c1-24(2)18(15-7-4-3-5-8-15)19(25)22-12-10-17-14-26-20(23-17)16-9-6-11-21-13-16/h3-9,11,13-14,18H,10,12H2,1-2H3,(H,22,25). The molecule has 134 valence electrons.